The molecule has 64 valence electrons. The molecular formula is H12MgN3O5P. The topological polar surface area (TPSA) is 220 Å². The Kier molecular flexibility index (Phi) is 74.4. The monoisotopic (exact) mass is 189 g/mol. The van der Waals surface area contributed by atoms with Crippen LogP contribution in [0.2, 0.25) is 0 Å². The molecule has 0 radical (unpaired) electrons. The van der Waals surface area contributed by atoms with Crippen molar-refractivity contribution in [3.8, 4) is 0 Å². The predicted octanol–water partition coefficient (Wildman–Crippen LogP) is -1.78. The average molecular weight is 189 g/mol. The molecule has 0 unspecified atom stereocenters. The van der Waals surface area contributed by atoms with Crippen LogP contribution in [0.25, 0.3) is 0 Å². The zero-order valence-corrected chi connectivity index (χ0v) is 8.25. The normalized spacial score (nSPS) is 5.90. The van der Waals surface area contributed by atoms with Gasteiger partial charge in [0.1, 0.15) is 0 Å². The van der Waals surface area contributed by atoms with Gasteiger partial charge in [0.2, 0.25) is 0 Å². The van der Waals surface area contributed by atoms with Gasteiger partial charge in [-0.3, -0.25) is 0 Å². The predicted molar refractivity (Wildman–Crippen MR) is 33.3 cm³/mol. The second-order valence-corrected chi connectivity index (χ2v) is 1.41. The quantitative estimate of drug-likeness (QED) is 0.255. The van der Waals surface area contributed by atoms with E-state index in [9.17, 15) is 0 Å². The van der Waals surface area contributed by atoms with Crippen LogP contribution in [0.5, 0.6) is 0 Å². The Bertz CT molecular complexity index is 63.0. The van der Waals surface area contributed by atoms with Crippen LogP contribution in [0, 0.1) is 0 Å². The zero-order chi connectivity index (χ0) is 4.50. The molecule has 12 N–H and O–H groups in total. The first-order valence-corrected chi connectivity index (χ1v) is 2.24. The third-order valence-electron chi connectivity index (χ3n) is 0. The Morgan fingerprint density at radius 2 is 1.20 bits per heavy atom. The van der Waals surface area contributed by atoms with Crippen molar-refractivity contribution in [2.75, 3.05) is 0 Å². The zero-order valence-electron chi connectivity index (χ0n) is 5.94. The van der Waals surface area contributed by atoms with E-state index in [4.69, 9.17) is 19.2 Å². The van der Waals surface area contributed by atoms with Crippen LogP contribution in [-0.4, -0.2) is 27.9 Å². The summed E-state index contributed by atoms with van der Waals surface area (Å²) in [5.74, 6) is 0. The number of phosphoric acid groups is 1. The van der Waals surface area contributed by atoms with Crippen LogP contribution in [-0.2, 0) is 10.0 Å². The summed E-state index contributed by atoms with van der Waals surface area (Å²) in [5, 5.41) is 0. The van der Waals surface area contributed by atoms with E-state index in [0.717, 1.165) is 0 Å². The minimum absolute atomic E-state index is 0. The first kappa shape index (κ1) is 45.5. The maximum absolute atomic E-state index is 8.66. The van der Waals surface area contributed by atoms with Gasteiger partial charge in [-0.2, -0.15) is 0 Å². The van der Waals surface area contributed by atoms with Gasteiger partial charge in [-0.05, 0) is 0 Å². The van der Waals surface area contributed by atoms with Crippen LogP contribution in [0.1, 0.15) is 0 Å². The molecule has 10 heteroatoms. The van der Waals surface area contributed by atoms with E-state index >= 15 is 0 Å². The van der Waals surface area contributed by atoms with E-state index in [2.05, 4.69) is 0 Å². The van der Waals surface area contributed by atoms with E-state index in [1.807, 2.05) is 0 Å². The van der Waals surface area contributed by atoms with Crippen molar-refractivity contribution in [3.05, 3.63) is 0 Å². The molecule has 0 aliphatic heterocycles. The van der Waals surface area contributed by atoms with Gasteiger partial charge in [-0.1, -0.05) is 0 Å². The molecule has 0 aliphatic carbocycles. The smallest absolute Gasteiger partial charge is 2.00 e. The first-order chi connectivity index (χ1) is 2.00. The minimum atomic E-state index is -5.14. The molecule has 0 atom stereocenters. The summed E-state index contributed by atoms with van der Waals surface area (Å²) in [6.45, 7) is 0. The van der Waals surface area contributed by atoms with Gasteiger partial charge >= 0.3 is 23.1 Å². The summed E-state index contributed by atoms with van der Waals surface area (Å²) in [5.41, 5.74) is 0. The fourth-order valence-corrected chi connectivity index (χ4v) is 0. The van der Waals surface area contributed by atoms with Gasteiger partial charge in [-0.25, -0.2) is 0 Å². The van der Waals surface area contributed by atoms with Crippen molar-refractivity contribution < 1.29 is 24.7 Å². The molecule has 0 fully saturated rings. The van der Waals surface area contributed by atoms with E-state index in [0.29, 0.717) is 0 Å². The largest absolute Gasteiger partial charge is 2.00 e. The Labute approximate surface area is 74.5 Å². The number of quaternary nitrogens is 2. The third kappa shape index (κ3) is 1010. The maximum Gasteiger partial charge on any atom is 2.00 e. The maximum atomic E-state index is 8.66. The Hall–Kier alpha value is 0.716. The molecule has 8 nitrogen and oxygen atoms in total. The first-order valence-electron chi connectivity index (χ1n) is 0.748. The molecule has 0 heterocycles. The number of rotatable bonds is 0. The fraction of sp³-hybridized carbons (Fsp3) is 0. The van der Waals surface area contributed by atoms with Crippen molar-refractivity contribution in [2.24, 2.45) is 0 Å². The molecule has 0 saturated carbocycles. The molecule has 0 aromatic heterocycles. The van der Waals surface area contributed by atoms with E-state index < -0.39 is 7.82 Å². The molecule has 0 rings (SSSR count). The van der Waals surface area contributed by atoms with Crippen molar-refractivity contribution >= 4 is 30.9 Å². The van der Waals surface area contributed by atoms with Crippen LogP contribution >= 0.6 is 7.82 Å². The SMILES string of the molecule is N.O=P([O-])([O-])O.[Mg+2].[NH4+].[NH4+].[O-2]. The summed E-state index contributed by atoms with van der Waals surface area (Å²) < 4.78 is 8.66. The van der Waals surface area contributed by atoms with E-state index in [-0.39, 0.29) is 47.0 Å². The Morgan fingerprint density at radius 3 is 1.20 bits per heavy atom. The standard InChI is InChI=1S/Mg.3H3N.H3O4P.O/c;;;;1-5(2,3)4;/h;3*1H3;(H3,1,2,3,4);/q+2;;;;;-2. The van der Waals surface area contributed by atoms with Gasteiger partial charge in [0, 0.05) is 0 Å². The van der Waals surface area contributed by atoms with Crippen LogP contribution < -0.4 is 28.2 Å². The van der Waals surface area contributed by atoms with Crippen LogP contribution in [0.15, 0.2) is 0 Å². The number of hydrogen-bond donors (Lipinski definition) is 4. The van der Waals surface area contributed by atoms with Gasteiger partial charge in [0.25, 0.3) is 0 Å². The molecule has 0 amide bonds. The van der Waals surface area contributed by atoms with Crippen LogP contribution in [0.3, 0.4) is 0 Å². The van der Waals surface area contributed by atoms with Crippen molar-refractivity contribution in [1.29, 1.82) is 0 Å². The molecular weight excluding hydrogens is 177 g/mol. The molecule has 10 heavy (non-hydrogen) atoms. The van der Waals surface area contributed by atoms with Gasteiger partial charge < -0.3 is 43.2 Å². The second-order valence-electron chi connectivity index (χ2n) is 0.469. The third-order valence-corrected chi connectivity index (χ3v) is 0. The van der Waals surface area contributed by atoms with E-state index in [1.165, 1.54) is 0 Å². The minimum Gasteiger partial charge on any atom is -2.00 e. The van der Waals surface area contributed by atoms with Crippen molar-refractivity contribution in [1.82, 2.24) is 18.5 Å². The van der Waals surface area contributed by atoms with Crippen molar-refractivity contribution in [2.45, 2.75) is 0 Å². The number of hydrogen-bond acceptors (Lipinski definition) is 4. The summed E-state index contributed by atoms with van der Waals surface area (Å²) in [6, 6.07) is 0. The molecule has 0 saturated heterocycles. The summed E-state index contributed by atoms with van der Waals surface area (Å²) in [6.07, 6.45) is 0. The molecule has 0 bridgehead atoms. The average Bonchev–Trinajstić information content (AvgIpc) is 0.722. The molecule has 0 spiro atoms. The fourth-order valence-electron chi connectivity index (χ4n) is 0. The van der Waals surface area contributed by atoms with Gasteiger partial charge in [0.15, 0.2) is 0 Å². The molecule has 0 aromatic rings. The summed E-state index contributed by atoms with van der Waals surface area (Å²) >= 11 is 0. The molecule has 0 aromatic carbocycles. The second kappa shape index (κ2) is 16.4. The van der Waals surface area contributed by atoms with Crippen molar-refractivity contribution in [3.63, 3.8) is 0 Å². The van der Waals surface area contributed by atoms with E-state index in [1.54, 1.807) is 0 Å². The molecule has 0 aliphatic rings. The Morgan fingerprint density at radius 1 is 1.20 bits per heavy atom. The summed E-state index contributed by atoms with van der Waals surface area (Å²) in [4.78, 5) is 24.3. The van der Waals surface area contributed by atoms with Gasteiger partial charge in [0.05, 0.1) is 7.82 Å². The van der Waals surface area contributed by atoms with Gasteiger partial charge in [-0.15, -0.1) is 0 Å². The summed E-state index contributed by atoms with van der Waals surface area (Å²) in [7, 11) is -5.14. The Balaban J connectivity index is -0.00000000800. The van der Waals surface area contributed by atoms with Crippen LogP contribution in [0.4, 0.5) is 0 Å².